The summed E-state index contributed by atoms with van der Waals surface area (Å²) in [5, 5.41) is 0.229. The van der Waals surface area contributed by atoms with E-state index in [4.69, 9.17) is 8.22 Å². The molecule has 2 aromatic heterocycles. The van der Waals surface area contributed by atoms with Crippen molar-refractivity contribution in [3.05, 3.63) is 169 Å². The first-order chi connectivity index (χ1) is 27.2. The fourth-order valence-corrected chi connectivity index (χ4v) is 7.50. The van der Waals surface area contributed by atoms with Crippen molar-refractivity contribution in [1.29, 1.82) is 0 Å². The Balaban J connectivity index is 1.32. The average Bonchev–Trinajstić information content (AvgIpc) is 3.83. The van der Waals surface area contributed by atoms with Crippen molar-refractivity contribution in [1.82, 2.24) is 4.40 Å². The third-order valence-electron chi connectivity index (χ3n) is 9.75. The summed E-state index contributed by atoms with van der Waals surface area (Å²) in [6.07, 6.45) is 0. The van der Waals surface area contributed by atoms with Crippen LogP contribution in [-0.4, -0.2) is 4.40 Å². The summed E-state index contributed by atoms with van der Waals surface area (Å²) in [5.74, 6) is 0. The Morgan fingerprint density at radius 2 is 1.19 bits per heavy atom. The van der Waals surface area contributed by atoms with E-state index in [9.17, 15) is 5.48 Å². The van der Waals surface area contributed by atoms with E-state index in [0.29, 0.717) is 11.4 Å². The SMILES string of the molecule is [2H]c1c([2H])c([2H])c2c(c1[2H])c1c([2H])c([2H])c([2H])c3c4c([2H])c(N(c5ccc(-c6ccccc6)cc5)c5ccc6c(c5)C(C)(C)c5ccccc5-6)c([2H])c([2H])c4n2c13. The van der Waals surface area contributed by atoms with Gasteiger partial charge in [0.05, 0.1) is 30.3 Å². The molecule has 0 radical (unpaired) electrons. The van der Waals surface area contributed by atoms with Crippen LogP contribution in [0.15, 0.2) is 157 Å². The molecule has 1 aliphatic rings. The van der Waals surface area contributed by atoms with Gasteiger partial charge >= 0.3 is 0 Å². The molecular weight excluding hydrogens is 569 g/mol. The number of hydrogen-bond donors (Lipinski definition) is 0. The predicted molar refractivity (Wildman–Crippen MR) is 199 cm³/mol. The topological polar surface area (TPSA) is 7.65 Å². The second kappa shape index (κ2) is 9.57. The molecule has 0 fully saturated rings. The quantitative estimate of drug-likeness (QED) is 0.192. The summed E-state index contributed by atoms with van der Waals surface area (Å²) in [6, 6.07) is 28.2. The lowest BCUT2D eigenvalue weighted by Crippen LogP contribution is -2.16. The molecule has 0 spiro atoms. The van der Waals surface area contributed by atoms with Gasteiger partial charge in [0.1, 0.15) is 0 Å². The number of fused-ring (bicyclic) bond motifs is 9. The summed E-state index contributed by atoms with van der Waals surface area (Å²) in [6.45, 7) is 4.35. The minimum absolute atomic E-state index is 0.00446. The van der Waals surface area contributed by atoms with Gasteiger partial charge in [0.2, 0.25) is 0 Å². The molecule has 0 unspecified atom stereocenters. The summed E-state index contributed by atoms with van der Waals surface area (Å²) >= 11 is 0. The Kier molecular flexibility index (Phi) is 3.73. The predicted octanol–water partition coefficient (Wildman–Crippen LogP) is 12.3. The zero-order valence-electron chi connectivity index (χ0n) is 35.6. The van der Waals surface area contributed by atoms with Gasteiger partial charge in [0, 0.05) is 44.0 Å². The number of para-hydroxylation sites is 2. The van der Waals surface area contributed by atoms with Crippen LogP contribution in [0, 0.1) is 0 Å². The van der Waals surface area contributed by atoms with Crippen molar-refractivity contribution in [3.8, 4) is 22.3 Å². The third kappa shape index (κ3) is 3.67. The Labute approximate surface area is 288 Å². The molecule has 47 heavy (non-hydrogen) atoms. The van der Waals surface area contributed by atoms with E-state index >= 15 is 0 Å². The summed E-state index contributed by atoms with van der Waals surface area (Å²) in [7, 11) is 0. The molecule has 0 atom stereocenters. The number of anilines is 3. The number of nitrogens with zero attached hydrogens (tertiary/aromatic N) is 2. The Bertz CT molecular complexity index is 3210. The highest BCUT2D eigenvalue weighted by atomic mass is 15.1. The van der Waals surface area contributed by atoms with E-state index in [0.717, 1.165) is 27.8 Å². The number of benzene rings is 7. The van der Waals surface area contributed by atoms with E-state index < -0.39 is 30.2 Å². The number of rotatable bonds is 4. The number of hydrogen-bond acceptors (Lipinski definition) is 1. The van der Waals surface area contributed by atoms with Gasteiger partial charge in [-0.1, -0.05) is 123 Å². The molecule has 222 valence electrons. The van der Waals surface area contributed by atoms with Crippen molar-refractivity contribution >= 4 is 55.2 Å². The number of aromatic nitrogens is 1. The molecule has 0 N–H and O–H groups in total. The van der Waals surface area contributed by atoms with Gasteiger partial charge in [-0.15, -0.1) is 0 Å². The van der Waals surface area contributed by atoms with Crippen LogP contribution in [0.25, 0.3) is 60.3 Å². The molecule has 0 amide bonds. The van der Waals surface area contributed by atoms with Crippen molar-refractivity contribution in [2.24, 2.45) is 0 Å². The monoisotopic (exact) mass is 610 g/mol. The molecule has 0 saturated carbocycles. The van der Waals surface area contributed by atoms with E-state index in [-0.39, 0.29) is 79.4 Å². The molecule has 1 aliphatic carbocycles. The molecule has 0 aliphatic heterocycles. The van der Waals surface area contributed by atoms with Crippen LogP contribution in [0.3, 0.4) is 0 Å². The first-order valence-electron chi connectivity index (χ1n) is 20.6. The lowest BCUT2D eigenvalue weighted by Gasteiger charge is -2.28. The molecule has 0 bridgehead atoms. The zero-order valence-corrected chi connectivity index (χ0v) is 25.6. The first-order valence-corrected chi connectivity index (χ1v) is 15.6. The van der Waals surface area contributed by atoms with Crippen LogP contribution in [-0.2, 0) is 5.41 Å². The van der Waals surface area contributed by atoms with E-state index in [1.165, 1.54) is 9.96 Å². The minimum atomic E-state index is -0.516. The normalized spacial score (nSPS) is 16.5. The van der Waals surface area contributed by atoms with Crippen LogP contribution < -0.4 is 4.90 Å². The van der Waals surface area contributed by atoms with E-state index in [2.05, 4.69) is 38.1 Å². The maximum Gasteiger partial charge on any atom is 0.0652 e. The second-order valence-corrected chi connectivity index (χ2v) is 12.6. The van der Waals surface area contributed by atoms with Gasteiger partial charge in [-0.3, -0.25) is 0 Å². The van der Waals surface area contributed by atoms with Gasteiger partial charge in [-0.2, -0.15) is 0 Å². The molecule has 9 aromatic rings. The van der Waals surface area contributed by atoms with Gasteiger partial charge in [0.15, 0.2) is 0 Å². The molecule has 2 heterocycles. The summed E-state index contributed by atoms with van der Waals surface area (Å²) < 4.78 is 92.4. The maximum atomic E-state index is 9.99. The molecular formula is C45H32N2. The highest BCUT2D eigenvalue weighted by Gasteiger charge is 2.35. The van der Waals surface area contributed by atoms with Gasteiger partial charge in [-0.25, -0.2) is 0 Å². The van der Waals surface area contributed by atoms with Crippen molar-refractivity contribution in [2.75, 3.05) is 4.90 Å². The van der Waals surface area contributed by atoms with Crippen molar-refractivity contribution in [2.45, 2.75) is 19.3 Å². The highest BCUT2D eigenvalue weighted by molar-refractivity contribution is 6.23. The van der Waals surface area contributed by atoms with Crippen LogP contribution >= 0.6 is 0 Å². The Hall–Kier alpha value is -5.86. The summed E-state index contributed by atoms with van der Waals surface area (Å²) in [5.41, 5.74) is 7.59. The van der Waals surface area contributed by atoms with Gasteiger partial charge in [0.25, 0.3) is 0 Å². The standard InChI is InChI=1S/C45H32N2/c1-45(2)40-17-8-6-13-34(40)35-25-23-33(28-41(35)45)46(31-21-19-30(20-22-31)29-11-4-3-5-12-29)32-24-26-43-39(27-32)38-16-10-15-37-36-14-7-9-18-42(36)47(43)44(37)38/h3-28H,1-2H3/i7D,9D,10D,14D,15D,16D,18D,24D,26D,27D. The minimum Gasteiger partial charge on any atom is -0.310 e. The maximum absolute atomic E-state index is 9.99. The zero-order chi connectivity index (χ0) is 40.0. The van der Waals surface area contributed by atoms with Crippen LogP contribution in [0.5, 0.6) is 0 Å². The van der Waals surface area contributed by atoms with Crippen molar-refractivity contribution < 1.29 is 13.7 Å². The molecule has 7 aromatic carbocycles. The Morgan fingerprint density at radius 3 is 2.04 bits per heavy atom. The van der Waals surface area contributed by atoms with E-state index in [1.54, 1.807) is 4.90 Å². The highest BCUT2D eigenvalue weighted by Crippen LogP contribution is 2.51. The first kappa shape index (κ1) is 18.3. The third-order valence-corrected chi connectivity index (χ3v) is 9.75. The fourth-order valence-electron chi connectivity index (χ4n) is 7.50. The van der Waals surface area contributed by atoms with Crippen LogP contribution in [0.1, 0.15) is 38.7 Å². The van der Waals surface area contributed by atoms with E-state index in [1.807, 2.05) is 72.8 Å². The largest absolute Gasteiger partial charge is 0.310 e. The smallest absolute Gasteiger partial charge is 0.0652 e. The molecule has 0 saturated heterocycles. The molecule has 10 rings (SSSR count). The second-order valence-electron chi connectivity index (χ2n) is 12.6. The van der Waals surface area contributed by atoms with Gasteiger partial charge in [-0.05, 0) is 81.8 Å². The molecule has 2 nitrogen and oxygen atoms in total. The Morgan fingerprint density at radius 1 is 0.532 bits per heavy atom. The van der Waals surface area contributed by atoms with Crippen LogP contribution in [0.4, 0.5) is 17.1 Å². The lowest BCUT2D eigenvalue weighted by molar-refractivity contribution is 0.660. The summed E-state index contributed by atoms with van der Waals surface area (Å²) in [4.78, 5) is 1.80. The fraction of sp³-hybridized carbons (Fsp3) is 0.0667. The van der Waals surface area contributed by atoms with Gasteiger partial charge < -0.3 is 9.30 Å². The van der Waals surface area contributed by atoms with Crippen LogP contribution in [0.2, 0.25) is 0 Å². The average molecular weight is 611 g/mol. The molecule has 2 heteroatoms. The van der Waals surface area contributed by atoms with Crippen molar-refractivity contribution in [3.63, 3.8) is 0 Å². The lowest BCUT2D eigenvalue weighted by atomic mass is 9.82.